The van der Waals surface area contributed by atoms with Gasteiger partial charge in [-0.1, -0.05) is 400 Å². The zero-order chi connectivity index (χ0) is 98.3. The molecule has 690 valence electrons. The molecule has 20 aromatic carbocycles. The van der Waals surface area contributed by atoms with Crippen LogP contribution < -0.4 is 78.7 Å². The highest BCUT2D eigenvalue weighted by Gasteiger charge is 2.50. The fourth-order valence-corrected chi connectivity index (χ4v) is 26.5. The molecule has 10 aliphatic rings. The molecule has 0 bridgehead atoms. The summed E-state index contributed by atoms with van der Waals surface area (Å²) in [4.78, 5) is 35.7. The molecule has 0 spiro atoms. The van der Waals surface area contributed by atoms with Crippen molar-refractivity contribution in [1.29, 1.82) is 0 Å². The maximum atomic E-state index is 4.88. The number of hydrogen-bond donors (Lipinski definition) is 0. The molecule has 0 atom stereocenters. The van der Waals surface area contributed by atoms with Crippen molar-refractivity contribution in [3.05, 3.63) is 517 Å². The predicted molar refractivity (Wildman–Crippen MR) is 631 cm³/mol. The summed E-state index contributed by atoms with van der Waals surface area (Å²) in [5.74, 6) is 1.03. The third-order valence-corrected chi connectivity index (χ3v) is 32.6. The van der Waals surface area contributed by atoms with E-state index in [1.165, 1.54) is 265 Å². The van der Waals surface area contributed by atoms with Gasteiger partial charge in [0.05, 0.1) is 22.8 Å². The second kappa shape index (κ2) is 34.2. The van der Waals surface area contributed by atoms with E-state index in [2.05, 4.69) is 500 Å². The summed E-state index contributed by atoms with van der Waals surface area (Å²) in [5, 5.41) is 12.7. The van der Waals surface area contributed by atoms with Crippen molar-refractivity contribution in [1.82, 2.24) is 24.9 Å². The maximum Gasteiger partial charge on any atom is 0.330 e. The molecule has 0 radical (unpaired) electrons. The number of rotatable bonds is 0. The van der Waals surface area contributed by atoms with E-state index >= 15 is 0 Å². The van der Waals surface area contributed by atoms with Gasteiger partial charge in [0.1, 0.15) is 5.82 Å². The molecule has 0 unspecified atom stereocenters. The molecule has 0 aliphatic carbocycles. The van der Waals surface area contributed by atoms with Gasteiger partial charge in [0, 0.05) is 150 Å². The zero-order valence-corrected chi connectivity index (χ0v) is 81.4. The van der Waals surface area contributed by atoms with E-state index in [-0.39, 0.29) is 34.2 Å². The number of benzene rings is 20. The van der Waals surface area contributed by atoms with E-state index in [0.717, 1.165) is 11.5 Å². The summed E-state index contributed by atoms with van der Waals surface area (Å²) >= 11 is 0. The van der Waals surface area contributed by atoms with Gasteiger partial charge in [0.15, 0.2) is 0 Å². The lowest BCUT2D eigenvalue weighted by Crippen LogP contribution is -2.59. The smallest absolute Gasteiger partial charge is 0.330 e. The van der Waals surface area contributed by atoms with Crippen molar-refractivity contribution in [3.8, 4) is 111 Å². The molecule has 25 aromatic rings. The Bertz CT molecular complexity index is 9120. The summed E-state index contributed by atoms with van der Waals surface area (Å²) in [6.45, 7) is 0.668. The second-order valence-corrected chi connectivity index (χ2v) is 40.1. The average Bonchev–Trinajstić information content (AvgIpc) is 0.731. The Morgan fingerprint density at radius 2 is 0.427 bits per heavy atom. The molecule has 0 saturated heterocycles. The van der Waals surface area contributed by atoms with Crippen LogP contribution in [0.25, 0.3) is 165 Å². The topological polar surface area (TPSA) is 80.7 Å². The normalized spacial score (nSPS) is 13.2. The molecule has 15 heteroatoms. The maximum absolute atomic E-state index is 4.88. The van der Waals surface area contributed by atoms with Gasteiger partial charge in [-0.25, -0.2) is 4.98 Å². The highest BCUT2D eigenvalue weighted by molar-refractivity contribution is 6.96. The number of pyridine rings is 5. The number of fused-ring (bicyclic) bond motifs is 63. The molecule has 5 aromatic heterocycles. The molecular formula is C135H85B5N10. The number of hydrogen-bond acceptors (Lipinski definition) is 10. The van der Waals surface area contributed by atoms with Gasteiger partial charge in [-0.3, -0.25) is 19.9 Å². The second-order valence-electron chi connectivity index (χ2n) is 40.1. The van der Waals surface area contributed by atoms with Gasteiger partial charge in [0.25, 0.3) is 0 Å². The minimum Gasteiger partial charge on any atom is -0.375 e. The van der Waals surface area contributed by atoms with E-state index in [4.69, 9.17) is 9.97 Å². The quantitative estimate of drug-likeness (QED) is 0.137. The first kappa shape index (κ1) is 85.2. The third-order valence-electron chi connectivity index (χ3n) is 32.6. The van der Waals surface area contributed by atoms with Crippen molar-refractivity contribution in [2.24, 2.45) is 0 Å². The van der Waals surface area contributed by atoms with E-state index in [0.29, 0.717) is 0 Å². The lowest BCUT2D eigenvalue weighted by Gasteiger charge is -2.43. The van der Waals surface area contributed by atoms with Crippen molar-refractivity contribution in [2.45, 2.75) is 0 Å². The molecule has 15 heterocycles. The van der Waals surface area contributed by atoms with Crippen LogP contribution in [0.2, 0.25) is 0 Å². The Kier molecular flexibility index (Phi) is 19.4. The van der Waals surface area contributed by atoms with Crippen molar-refractivity contribution in [2.75, 3.05) is 24.1 Å². The van der Waals surface area contributed by atoms with Crippen molar-refractivity contribution in [3.63, 3.8) is 0 Å². The molecule has 10 nitrogen and oxygen atoms in total. The number of nitrogens with zero attached hydrogens (tertiary/aromatic N) is 10. The Morgan fingerprint density at radius 1 is 0.147 bits per heavy atom. The predicted octanol–water partition coefficient (Wildman–Crippen LogP) is 25.7. The third kappa shape index (κ3) is 12.9. The Labute approximate surface area is 870 Å². The van der Waals surface area contributed by atoms with Crippen LogP contribution in [0, 0.1) is 0 Å². The largest absolute Gasteiger partial charge is 0.375 e. The standard InChI is InChI=1S/5C27H17BN2/c1-2-9-19-17-26-23(16-18(19)8-1)21-11-4-6-14-25(21)28-24-13-5-3-10-20(24)22-12-7-15-29-27(22)30(26)28;1-2-9-19-18(8-1)15-16-21-20-10-3-5-12-23(20)28-24-13-6-4-11-22(24)26-25(14-7-17-29-26)30(28)27(19)21;1-2-8-19-16-26-23(15-18(19)7-1)21-10-4-6-12-25(21)28-24-11-5-3-9-20(24)22-13-14-29-17-27(22)30(26)28;1-2-8-19-18(7-1)13-14-23-21-10-4-6-12-25(21)28-24-11-5-3-9-20(24)22-15-16-29-17-26(22)30(28)27(19)23;1-2-8-19-18(7-1)13-14-22-20-9-3-5-11-24(20)28-25-12-6-4-10-21(25)23-17-29-16-15-26(23)30(28)27(19)22/h5*1-17H. The SMILES string of the molecule is c1ccc2c(c1)B1c3ccccc3-c3cc4ccccc4cc3N1c1cnccc1-2.c1ccc2c(c1)B1c3ccccc3-c3ccc4ccccc4c3N1c1ccncc1-2.c1ccc2c(c1)B1c3ccccc3-c3ccc4ccccc4c3N1c1cnccc1-2.c1ccc2c(c1)B1c3ccccc3-c3cccnc3N1c1cc3ccccc3cc1-2.c1ccc2c(c1)B1c3ccccc3-c3ncccc3N1c1c-2ccc2ccccc12. The fraction of sp³-hybridized carbons (Fsp3) is 0. The van der Waals surface area contributed by atoms with E-state index in [1.54, 1.807) is 0 Å². The number of aromatic nitrogens is 5. The van der Waals surface area contributed by atoms with Crippen LogP contribution in [0.4, 0.5) is 57.0 Å². The molecule has 0 fully saturated rings. The minimum atomic E-state index is 0.119. The molecular weight excluding hydrogens is 1820 g/mol. The van der Waals surface area contributed by atoms with Crippen molar-refractivity contribution < 1.29 is 0 Å². The average molecular weight is 1900 g/mol. The van der Waals surface area contributed by atoms with Gasteiger partial charge < -0.3 is 24.1 Å². The number of anilines is 10. The van der Waals surface area contributed by atoms with E-state index in [1.807, 2.05) is 55.6 Å². The van der Waals surface area contributed by atoms with Crippen LogP contribution in [0.3, 0.4) is 0 Å². The van der Waals surface area contributed by atoms with Crippen LogP contribution in [0.15, 0.2) is 517 Å². The Hall–Kier alpha value is -19.2. The first-order valence-corrected chi connectivity index (χ1v) is 51.8. The highest BCUT2D eigenvalue weighted by Crippen LogP contribution is 2.56. The minimum absolute atomic E-state index is 0.119. The lowest BCUT2D eigenvalue weighted by atomic mass is 9.43. The highest BCUT2D eigenvalue weighted by atomic mass is 15.2. The van der Waals surface area contributed by atoms with Gasteiger partial charge in [0.2, 0.25) is 0 Å². The van der Waals surface area contributed by atoms with Gasteiger partial charge in [-0.15, -0.1) is 0 Å². The summed E-state index contributed by atoms with van der Waals surface area (Å²) in [5.41, 5.74) is 49.9. The molecule has 10 aliphatic heterocycles. The summed E-state index contributed by atoms with van der Waals surface area (Å²) in [6, 6.07) is 169. The summed E-state index contributed by atoms with van der Waals surface area (Å²) in [6.07, 6.45) is 15.6. The van der Waals surface area contributed by atoms with Crippen LogP contribution in [0.5, 0.6) is 0 Å². The summed E-state index contributed by atoms with van der Waals surface area (Å²) in [7, 11) is 0. The first-order valence-electron chi connectivity index (χ1n) is 51.8. The monoisotopic (exact) mass is 1900 g/mol. The van der Waals surface area contributed by atoms with E-state index in [9.17, 15) is 0 Å². The molecule has 0 amide bonds. The molecule has 0 N–H and O–H groups in total. The van der Waals surface area contributed by atoms with Crippen LogP contribution in [-0.4, -0.2) is 59.2 Å². The Morgan fingerprint density at radius 3 is 0.853 bits per heavy atom. The van der Waals surface area contributed by atoms with Gasteiger partial charge in [-0.05, 0) is 215 Å². The first-order chi connectivity index (χ1) is 74.5. The van der Waals surface area contributed by atoms with Crippen LogP contribution in [0.1, 0.15) is 0 Å². The zero-order valence-electron chi connectivity index (χ0n) is 81.4. The summed E-state index contributed by atoms with van der Waals surface area (Å²) < 4.78 is 0. The van der Waals surface area contributed by atoms with Crippen LogP contribution in [-0.2, 0) is 0 Å². The lowest BCUT2D eigenvalue weighted by molar-refractivity contribution is 1.22. The fourth-order valence-electron chi connectivity index (χ4n) is 26.5. The Balaban J connectivity index is 0.0000000844. The molecule has 0 saturated carbocycles. The molecule has 35 rings (SSSR count). The van der Waals surface area contributed by atoms with E-state index < -0.39 is 0 Å². The van der Waals surface area contributed by atoms with Gasteiger partial charge >= 0.3 is 34.2 Å². The van der Waals surface area contributed by atoms with Gasteiger partial charge in [-0.2, -0.15) is 0 Å². The molecule has 150 heavy (non-hydrogen) atoms. The van der Waals surface area contributed by atoms with Crippen molar-refractivity contribution >= 4 is 200 Å². The van der Waals surface area contributed by atoms with Crippen LogP contribution >= 0.6 is 0 Å².